The molecule has 2 fully saturated rings. The van der Waals surface area contributed by atoms with Crippen molar-refractivity contribution < 1.29 is 60.8 Å². The van der Waals surface area contributed by atoms with E-state index in [-0.39, 0.29) is 61.4 Å². The Morgan fingerprint density at radius 3 is 1.97 bits per heavy atom. The van der Waals surface area contributed by atoms with Gasteiger partial charge in [0, 0.05) is 44.6 Å². The number of H-pyrrole nitrogens is 1. The summed E-state index contributed by atoms with van der Waals surface area (Å²) in [6, 6.07) is 43.4. The first-order valence-corrected chi connectivity index (χ1v) is 29.6. The molecule has 8 aromatic rings. The van der Waals surface area contributed by atoms with Crippen molar-refractivity contribution in [2.24, 2.45) is 5.92 Å². The maximum Gasteiger partial charge on any atom is 0.351 e. The summed E-state index contributed by atoms with van der Waals surface area (Å²) in [5.74, 6) is -0.269. The summed E-state index contributed by atoms with van der Waals surface area (Å²) in [6.07, 6.45) is -4.03. The van der Waals surface area contributed by atoms with Crippen LogP contribution in [0.4, 0.5) is 16.2 Å². The quantitative estimate of drug-likeness (QED) is 0.0213. The number of carbonyl (C=O) groups is 3. The third-order valence-corrected chi connectivity index (χ3v) is 15.9. The van der Waals surface area contributed by atoms with Gasteiger partial charge >= 0.3 is 20.3 Å². The molecular weight excluding hydrogens is 1160 g/mol. The van der Waals surface area contributed by atoms with Crippen LogP contribution in [0.2, 0.25) is 0 Å². The summed E-state index contributed by atoms with van der Waals surface area (Å²) in [7, 11) is 0.521. The van der Waals surface area contributed by atoms with E-state index in [1.165, 1.54) is 30.1 Å². The summed E-state index contributed by atoms with van der Waals surface area (Å²) in [5.41, 5.74) is 0.797. The predicted octanol–water partition coefficient (Wildman–Crippen LogP) is 8.70. The van der Waals surface area contributed by atoms with Crippen LogP contribution in [-0.2, 0) is 47.7 Å². The van der Waals surface area contributed by atoms with Crippen molar-refractivity contribution in [3.05, 3.63) is 207 Å². The number of esters is 1. The van der Waals surface area contributed by atoms with Gasteiger partial charge in [0.2, 0.25) is 5.95 Å². The smallest absolute Gasteiger partial charge is 0.351 e. The van der Waals surface area contributed by atoms with Crippen LogP contribution < -0.4 is 36.7 Å². The largest absolute Gasteiger partial charge is 0.497 e. The molecule has 1 unspecified atom stereocenters. The number of halogens is 1. The number of imidazole rings is 1. The zero-order valence-electron chi connectivity index (χ0n) is 48.9. The van der Waals surface area contributed by atoms with Crippen LogP contribution in [0.5, 0.6) is 11.5 Å². The molecule has 0 spiro atoms. The van der Waals surface area contributed by atoms with Crippen LogP contribution in [-0.4, -0.2) is 118 Å². The average Bonchev–Trinajstić information content (AvgIpc) is 2.02. The van der Waals surface area contributed by atoms with Crippen molar-refractivity contribution in [2.75, 3.05) is 57.8 Å². The van der Waals surface area contributed by atoms with Crippen LogP contribution in [0.1, 0.15) is 84.8 Å². The number of rotatable bonds is 27. The number of aromatic nitrogens is 6. The van der Waals surface area contributed by atoms with E-state index in [2.05, 4.69) is 35.9 Å². The number of nitrogens with zero attached hydrogens (tertiary/aromatic N) is 5. The predicted molar refractivity (Wildman–Crippen MR) is 322 cm³/mol. The Morgan fingerprint density at radius 1 is 0.750 bits per heavy atom. The molecule has 2 aliphatic rings. The summed E-state index contributed by atoms with van der Waals surface area (Å²) < 4.78 is 75.1. The van der Waals surface area contributed by atoms with Gasteiger partial charge in [-0.3, -0.25) is 33.3 Å². The highest BCUT2D eigenvalue weighted by atomic mass is 31.2. The third-order valence-electron chi connectivity index (χ3n) is 14.7. The van der Waals surface area contributed by atoms with Crippen molar-refractivity contribution in [1.29, 1.82) is 0 Å². The third kappa shape index (κ3) is 14.8. The molecule has 8 atom stereocenters. The Labute approximate surface area is 506 Å². The lowest BCUT2D eigenvalue weighted by atomic mass is 9.80. The van der Waals surface area contributed by atoms with Crippen LogP contribution in [0.25, 0.3) is 11.2 Å². The molecule has 0 bridgehead atoms. The van der Waals surface area contributed by atoms with Crippen molar-refractivity contribution in [2.45, 2.75) is 82.2 Å². The Bertz CT molecular complexity index is 3710. The topological polar surface area (TPSA) is 269 Å². The van der Waals surface area contributed by atoms with Crippen molar-refractivity contribution >= 4 is 49.3 Å². The number of alkyl halides is 1. The molecule has 0 radical (unpaired) electrons. The number of carbonyl (C=O) groups excluding carboxylic acids is 3. The number of ether oxygens (including phenoxy) is 6. The molecule has 2 saturated heterocycles. The fourth-order valence-electron chi connectivity index (χ4n) is 10.3. The van der Waals surface area contributed by atoms with Gasteiger partial charge in [0.15, 0.2) is 17.8 Å². The van der Waals surface area contributed by atoms with E-state index in [4.69, 9.17) is 42.0 Å². The Morgan fingerprint density at radius 2 is 1.35 bits per heavy atom. The number of nitrogens with one attached hydrogen (secondary N) is 4. The summed E-state index contributed by atoms with van der Waals surface area (Å²) >= 11 is 0. The standard InChI is InChI=1S/C63H67FN9O14P/c1-39(2)34-66-61-70-58-57(60(77)71-61)67-38-73(58)56-31-48(83-40(3)74)52(85-56)37-82-88(87-50(35-65-54(75)33-64)41-15-9-6-10-16-41)86-49-32-55(72-30-29-53(69-62(72)78)68-59(76)42-17-11-7-12-18-42)84-51(49)36-81-63(43-19-13-8-14-20-43,44-21-25-46(79-4)26-22-44)45-23-27-47(80-5)28-24-45/h6-30,38-39,48-52,55-56H,31-37H2,1-5H3,(H,65,75)(H2,66,70,71,77)(H,68,69,76,78)/t48-,49-,50?,51+,52+,55+,56+,88-/m0/s1. The number of amides is 2. The van der Waals surface area contributed by atoms with Crippen molar-refractivity contribution in [3.63, 3.8) is 0 Å². The Kier molecular flexibility index (Phi) is 20.4. The highest BCUT2D eigenvalue weighted by molar-refractivity contribution is 7.41. The van der Waals surface area contributed by atoms with E-state index in [9.17, 15) is 28.4 Å². The number of hydrogen-bond donors (Lipinski definition) is 4. The van der Waals surface area contributed by atoms with Gasteiger partial charge in [0.1, 0.15) is 59.8 Å². The van der Waals surface area contributed by atoms with Crippen LogP contribution >= 0.6 is 8.60 Å². The average molecular weight is 1220 g/mol. The minimum absolute atomic E-state index is 0.00232. The molecule has 10 rings (SSSR count). The van der Waals surface area contributed by atoms with E-state index >= 15 is 0 Å². The van der Waals surface area contributed by atoms with Gasteiger partial charge in [0.25, 0.3) is 17.4 Å². The second-order valence-corrected chi connectivity index (χ2v) is 22.3. The van der Waals surface area contributed by atoms with E-state index in [0.717, 1.165) is 5.56 Å². The Balaban J connectivity index is 1.02. The van der Waals surface area contributed by atoms with Crippen LogP contribution in [0, 0.1) is 5.92 Å². The molecule has 0 saturated carbocycles. The van der Waals surface area contributed by atoms with E-state index < -0.39 is 92.9 Å². The van der Waals surface area contributed by atoms with E-state index in [1.807, 2.05) is 92.7 Å². The summed E-state index contributed by atoms with van der Waals surface area (Å²) in [4.78, 5) is 81.9. The molecule has 23 nitrogen and oxygen atoms in total. The molecule has 5 heterocycles. The van der Waals surface area contributed by atoms with Gasteiger partial charge in [-0.25, -0.2) is 14.2 Å². The number of anilines is 2. The molecule has 2 aliphatic heterocycles. The van der Waals surface area contributed by atoms with Gasteiger partial charge in [-0.15, -0.1) is 0 Å². The monoisotopic (exact) mass is 1220 g/mol. The number of aromatic amines is 1. The summed E-state index contributed by atoms with van der Waals surface area (Å²) in [6.45, 7) is 3.76. The Hall–Kier alpha value is -8.74. The maximum atomic E-state index is 14.2. The first-order valence-electron chi connectivity index (χ1n) is 28.5. The normalized spacial score (nSPS) is 19.0. The second kappa shape index (κ2) is 28.8. The molecule has 3 aromatic heterocycles. The van der Waals surface area contributed by atoms with Crippen molar-refractivity contribution in [3.8, 4) is 11.5 Å². The highest BCUT2D eigenvalue weighted by Crippen LogP contribution is 2.51. The minimum Gasteiger partial charge on any atom is -0.497 e. The highest BCUT2D eigenvalue weighted by Gasteiger charge is 2.46. The maximum absolute atomic E-state index is 14.2. The molecular formula is C63H67FN9O14P. The van der Waals surface area contributed by atoms with Gasteiger partial charge < -0.3 is 57.9 Å². The molecule has 2 amide bonds. The number of benzene rings is 5. The van der Waals surface area contributed by atoms with Gasteiger partial charge in [0.05, 0.1) is 39.9 Å². The van der Waals surface area contributed by atoms with Gasteiger partial charge in [-0.2, -0.15) is 9.97 Å². The van der Waals surface area contributed by atoms with E-state index in [0.29, 0.717) is 40.3 Å². The molecule has 5 aromatic carbocycles. The zero-order chi connectivity index (χ0) is 61.7. The molecule has 88 heavy (non-hydrogen) atoms. The molecule has 25 heteroatoms. The number of fused-ring (bicyclic) bond motifs is 1. The lowest BCUT2D eigenvalue weighted by Gasteiger charge is -2.37. The fraction of sp³-hybridized carbons (Fsp3) is 0.333. The second-order valence-electron chi connectivity index (χ2n) is 21.1. The minimum atomic E-state index is -2.64. The lowest BCUT2D eigenvalue weighted by molar-refractivity contribution is -0.150. The van der Waals surface area contributed by atoms with E-state index in [1.54, 1.807) is 79.5 Å². The zero-order valence-corrected chi connectivity index (χ0v) is 49.8. The fourth-order valence-corrected chi connectivity index (χ4v) is 11.6. The number of methoxy groups -OCH3 is 2. The number of hydrogen-bond acceptors (Lipinski definition) is 18. The molecule has 4 N–H and O–H groups in total. The lowest BCUT2D eigenvalue weighted by Crippen LogP contribution is -2.38. The van der Waals surface area contributed by atoms with Crippen LogP contribution in [0.3, 0.4) is 0 Å². The first-order chi connectivity index (χ1) is 42.7. The SMILES string of the molecule is COc1ccc(C(OC[C@H]2O[C@@H](n3ccc(NC(=O)c4ccccc4)nc3=O)C[C@@H]2O[P@](OC[C@H]2O[C@@H](n3cnc4c(=O)[nH]c(NCC(C)C)nc43)C[C@@H]2OC(C)=O)OC(CNC(=O)CF)c2ccccc2)(c2ccccc2)c2ccc(OC)cc2)cc1. The molecule has 0 aliphatic carbocycles. The van der Waals surface area contributed by atoms with Gasteiger partial charge in [-0.1, -0.05) is 117 Å². The molecule has 460 valence electrons. The van der Waals surface area contributed by atoms with Crippen LogP contribution in [0.15, 0.2) is 168 Å². The van der Waals surface area contributed by atoms with Gasteiger partial charge in [-0.05, 0) is 70.6 Å². The van der Waals surface area contributed by atoms with Crippen molar-refractivity contribution in [1.82, 2.24) is 34.4 Å². The first kappa shape index (κ1) is 62.3. The summed E-state index contributed by atoms with van der Waals surface area (Å²) in [5, 5.41) is 8.42.